The van der Waals surface area contributed by atoms with E-state index in [1.165, 1.54) is 19.1 Å². The third-order valence-corrected chi connectivity index (χ3v) is 6.68. The average molecular weight is 372 g/mol. The molecule has 0 bridgehead atoms. The van der Waals surface area contributed by atoms with Crippen molar-refractivity contribution in [2.45, 2.75) is 37.8 Å². The molecule has 0 saturated carbocycles. The molecule has 0 amide bonds. The van der Waals surface area contributed by atoms with Crippen molar-refractivity contribution < 1.29 is 13.2 Å². The van der Waals surface area contributed by atoms with Gasteiger partial charge in [-0.3, -0.25) is 4.79 Å². The van der Waals surface area contributed by atoms with Crippen LogP contribution in [0, 0.1) is 0 Å². The van der Waals surface area contributed by atoms with E-state index in [2.05, 4.69) is 17.0 Å². The quantitative estimate of drug-likeness (QED) is 0.774. The van der Waals surface area contributed by atoms with E-state index in [0.717, 1.165) is 5.69 Å². The number of benzene rings is 2. The lowest BCUT2D eigenvalue weighted by molar-refractivity contribution is 0.101. The Morgan fingerprint density at radius 1 is 0.923 bits per heavy atom. The van der Waals surface area contributed by atoms with Crippen LogP contribution >= 0.6 is 0 Å². The van der Waals surface area contributed by atoms with E-state index in [0.29, 0.717) is 18.7 Å². The van der Waals surface area contributed by atoms with Crippen LogP contribution in [0.25, 0.3) is 0 Å². The fourth-order valence-electron chi connectivity index (χ4n) is 3.59. The fraction of sp³-hybridized carbons (Fsp3) is 0.350. The summed E-state index contributed by atoms with van der Waals surface area (Å²) in [6.07, 6.45) is 0. The zero-order valence-corrected chi connectivity index (χ0v) is 16.1. The molecule has 1 heterocycles. The molecule has 1 aliphatic rings. The molecule has 3 rings (SSSR count). The Balaban J connectivity index is 1.83. The predicted octanol–water partition coefficient (Wildman–Crippen LogP) is 3.18. The first kappa shape index (κ1) is 18.6. The summed E-state index contributed by atoms with van der Waals surface area (Å²) >= 11 is 0. The standard InChI is InChI=1S/C20H24N2O3S/c1-15-13-21(14-16(2)22(15)19-7-5-4-6-8-19)26(24,25)20-11-9-18(10-12-20)17(3)23/h4-12,15-16H,13-14H2,1-3H3. The van der Waals surface area contributed by atoms with E-state index in [-0.39, 0.29) is 22.8 Å². The van der Waals surface area contributed by atoms with E-state index >= 15 is 0 Å². The zero-order chi connectivity index (χ0) is 18.9. The summed E-state index contributed by atoms with van der Waals surface area (Å²) in [6, 6.07) is 16.4. The summed E-state index contributed by atoms with van der Waals surface area (Å²) in [4.78, 5) is 13.9. The summed E-state index contributed by atoms with van der Waals surface area (Å²) < 4.78 is 27.6. The van der Waals surface area contributed by atoms with Gasteiger partial charge in [0.15, 0.2) is 5.78 Å². The molecule has 1 aliphatic heterocycles. The highest BCUT2D eigenvalue weighted by atomic mass is 32.2. The second-order valence-electron chi connectivity index (χ2n) is 6.84. The number of anilines is 1. The summed E-state index contributed by atoms with van der Waals surface area (Å²) in [7, 11) is -3.58. The first-order valence-electron chi connectivity index (χ1n) is 8.75. The molecule has 2 atom stereocenters. The average Bonchev–Trinajstić information content (AvgIpc) is 2.62. The summed E-state index contributed by atoms with van der Waals surface area (Å²) in [5.74, 6) is -0.0762. The fourth-order valence-corrected chi connectivity index (χ4v) is 5.19. The molecule has 0 aliphatic carbocycles. The van der Waals surface area contributed by atoms with E-state index in [1.807, 2.05) is 32.0 Å². The molecule has 2 aromatic carbocycles. The number of para-hydroxylation sites is 1. The predicted molar refractivity (Wildman–Crippen MR) is 103 cm³/mol. The Labute approximate surface area is 155 Å². The first-order chi connectivity index (χ1) is 12.3. The van der Waals surface area contributed by atoms with E-state index < -0.39 is 10.0 Å². The maximum absolute atomic E-state index is 13.0. The van der Waals surface area contributed by atoms with Gasteiger partial charge in [0.1, 0.15) is 0 Å². The van der Waals surface area contributed by atoms with E-state index in [9.17, 15) is 13.2 Å². The largest absolute Gasteiger partial charge is 0.363 e. The van der Waals surface area contributed by atoms with Crippen molar-refractivity contribution in [1.29, 1.82) is 0 Å². The molecule has 6 heteroatoms. The molecule has 0 spiro atoms. The molecule has 5 nitrogen and oxygen atoms in total. The van der Waals surface area contributed by atoms with Gasteiger partial charge in [-0.15, -0.1) is 0 Å². The summed E-state index contributed by atoms with van der Waals surface area (Å²) in [5, 5.41) is 0. The maximum Gasteiger partial charge on any atom is 0.243 e. The number of sulfonamides is 1. The number of hydrogen-bond acceptors (Lipinski definition) is 4. The minimum absolute atomic E-state index is 0.0624. The van der Waals surface area contributed by atoms with Crippen molar-refractivity contribution >= 4 is 21.5 Å². The van der Waals surface area contributed by atoms with Crippen LogP contribution in [0.3, 0.4) is 0 Å². The van der Waals surface area contributed by atoms with Gasteiger partial charge in [0.05, 0.1) is 4.90 Å². The molecule has 1 fully saturated rings. The lowest BCUT2D eigenvalue weighted by Gasteiger charge is -2.45. The molecule has 2 unspecified atom stereocenters. The van der Waals surface area contributed by atoms with Crippen molar-refractivity contribution in [3.63, 3.8) is 0 Å². The van der Waals surface area contributed by atoms with Crippen LogP contribution in [-0.2, 0) is 10.0 Å². The smallest absolute Gasteiger partial charge is 0.243 e. The van der Waals surface area contributed by atoms with Crippen molar-refractivity contribution in [3.05, 3.63) is 60.2 Å². The third-order valence-electron chi connectivity index (χ3n) is 4.84. The van der Waals surface area contributed by atoms with Crippen LogP contribution in [0.15, 0.2) is 59.5 Å². The minimum Gasteiger partial charge on any atom is -0.363 e. The highest BCUT2D eigenvalue weighted by Crippen LogP contribution is 2.27. The van der Waals surface area contributed by atoms with Crippen molar-refractivity contribution in [3.8, 4) is 0 Å². The Morgan fingerprint density at radius 2 is 1.46 bits per heavy atom. The van der Waals surface area contributed by atoms with Crippen molar-refractivity contribution in [2.24, 2.45) is 0 Å². The van der Waals surface area contributed by atoms with Gasteiger partial charge in [0, 0.05) is 36.4 Å². The molecule has 138 valence electrons. The number of carbonyl (C=O) groups is 1. The first-order valence-corrected chi connectivity index (χ1v) is 10.2. The number of piperazine rings is 1. The monoisotopic (exact) mass is 372 g/mol. The van der Waals surface area contributed by atoms with Crippen molar-refractivity contribution in [1.82, 2.24) is 4.31 Å². The van der Waals surface area contributed by atoms with Crippen LogP contribution in [0.2, 0.25) is 0 Å². The second kappa shape index (κ2) is 7.21. The van der Waals surface area contributed by atoms with Gasteiger partial charge in [-0.2, -0.15) is 4.31 Å². The topological polar surface area (TPSA) is 57.7 Å². The Hall–Kier alpha value is -2.18. The zero-order valence-electron chi connectivity index (χ0n) is 15.3. The molecule has 0 aromatic heterocycles. The normalized spacial score (nSPS) is 21.6. The molecule has 1 saturated heterocycles. The Kier molecular flexibility index (Phi) is 5.16. The van der Waals surface area contributed by atoms with Crippen LogP contribution in [0.4, 0.5) is 5.69 Å². The Morgan fingerprint density at radius 3 is 1.96 bits per heavy atom. The van der Waals surface area contributed by atoms with Gasteiger partial charge in [-0.05, 0) is 45.0 Å². The Bertz CT molecular complexity index is 867. The van der Waals surface area contributed by atoms with Crippen molar-refractivity contribution in [2.75, 3.05) is 18.0 Å². The number of ketones is 1. The maximum atomic E-state index is 13.0. The molecular formula is C20H24N2O3S. The number of hydrogen-bond donors (Lipinski definition) is 0. The lowest BCUT2D eigenvalue weighted by atomic mass is 10.1. The minimum atomic E-state index is -3.58. The molecule has 0 radical (unpaired) electrons. The number of carbonyl (C=O) groups excluding carboxylic acids is 1. The number of Topliss-reactive ketones (excluding diaryl/α,β-unsaturated/α-hetero) is 1. The van der Waals surface area contributed by atoms with Gasteiger partial charge in [0.25, 0.3) is 0 Å². The number of rotatable bonds is 4. The highest BCUT2D eigenvalue weighted by molar-refractivity contribution is 7.89. The van der Waals surface area contributed by atoms with Gasteiger partial charge in [-0.25, -0.2) is 8.42 Å². The van der Waals surface area contributed by atoms with Gasteiger partial charge in [0.2, 0.25) is 10.0 Å². The number of nitrogens with zero attached hydrogens (tertiary/aromatic N) is 2. The summed E-state index contributed by atoms with van der Waals surface area (Å²) in [6.45, 7) is 6.41. The summed E-state index contributed by atoms with van der Waals surface area (Å²) in [5.41, 5.74) is 1.62. The molecular weight excluding hydrogens is 348 g/mol. The van der Waals surface area contributed by atoms with Gasteiger partial charge >= 0.3 is 0 Å². The van der Waals surface area contributed by atoms with Gasteiger partial charge in [-0.1, -0.05) is 30.3 Å². The van der Waals surface area contributed by atoms with E-state index in [1.54, 1.807) is 16.4 Å². The van der Waals surface area contributed by atoms with Crippen LogP contribution in [0.5, 0.6) is 0 Å². The lowest BCUT2D eigenvalue weighted by Crippen LogP contribution is -2.58. The van der Waals surface area contributed by atoms with E-state index in [4.69, 9.17) is 0 Å². The van der Waals surface area contributed by atoms with Crippen LogP contribution < -0.4 is 4.90 Å². The third kappa shape index (κ3) is 3.52. The SMILES string of the molecule is CC(=O)c1ccc(S(=O)(=O)N2CC(C)N(c3ccccc3)C(C)C2)cc1. The van der Waals surface area contributed by atoms with Crippen LogP contribution in [0.1, 0.15) is 31.1 Å². The molecule has 26 heavy (non-hydrogen) atoms. The van der Waals surface area contributed by atoms with Crippen LogP contribution in [-0.4, -0.2) is 43.7 Å². The molecule has 2 aromatic rings. The molecule has 0 N–H and O–H groups in total. The highest BCUT2D eigenvalue weighted by Gasteiger charge is 2.36. The van der Waals surface area contributed by atoms with Gasteiger partial charge < -0.3 is 4.90 Å². The second-order valence-corrected chi connectivity index (χ2v) is 8.78.